The van der Waals surface area contributed by atoms with Crippen molar-refractivity contribution in [2.75, 3.05) is 18.5 Å². The first kappa shape index (κ1) is 25.2. The van der Waals surface area contributed by atoms with Crippen LogP contribution in [0.2, 0.25) is 0 Å². The number of esters is 2. The number of rotatable bonds is 9. The predicted octanol–water partition coefficient (Wildman–Crippen LogP) is 1.22. The highest BCUT2D eigenvalue weighted by Gasteiger charge is 2.36. The third-order valence-electron chi connectivity index (χ3n) is 4.20. The molecule has 2 amide bonds. The van der Waals surface area contributed by atoms with E-state index in [1.165, 1.54) is 25.1 Å². The molecule has 1 heterocycles. The fourth-order valence-electron chi connectivity index (χ4n) is 2.78. The smallest absolute Gasteiger partial charge is 0.353 e. The summed E-state index contributed by atoms with van der Waals surface area (Å²) < 4.78 is 4.54. The Morgan fingerprint density at radius 1 is 0.909 bits per heavy atom. The highest BCUT2D eigenvalue weighted by atomic mass is 16.7. The summed E-state index contributed by atoms with van der Waals surface area (Å²) in [4.78, 5) is 70.1. The average molecular weight is 461 g/mol. The summed E-state index contributed by atoms with van der Waals surface area (Å²) in [6.45, 7) is 6.14. The number of cyclic esters (lactones) is 2. The summed E-state index contributed by atoms with van der Waals surface area (Å²) in [5.74, 6) is -5.37. The summed E-state index contributed by atoms with van der Waals surface area (Å²) in [7, 11) is 0. The number of amides is 2. The highest BCUT2D eigenvalue weighted by Crippen LogP contribution is 2.26. The summed E-state index contributed by atoms with van der Waals surface area (Å²) in [5, 5.41) is 13.1. The van der Waals surface area contributed by atoms with Gasteiger partial charge in [0.15, 0.2) is 5.78 Å². The SMILES string of the molecule is CCONC(=O)c1cc(NC(C)=C2C(=O)OC(=O)C(C(C)=O)=C2O)cc(C(=O)NOCC)c1. The molecule has 0 atom stereocenters. The second kappa shape index (κ2) is 11.0. The number of hydrogen-bond donors (Lipinski definition) is 4. The largest absolute Gasteiger partial charge is 0.506 e. The lowest BCUT2D eigenvalue weighted by molar-refractivity contribution is -0.155. The van der Waals surface area contributed by atoms with Crippen LogP contribution in [-0.4, -0.2) is 47.9 Å². The van der Waals surface area contributed by atoms with Gasteiger partial charge in [0.2, 0.25) is 0 Å². The van der Waals surface area contributed by atoms with Crippen LogP contribution in [0.4, 0.5) is 5.69 Å². The molecule has 0 unspecified atom stereocenters. The number of anilines is 1. The van der Waals surface area contributed by atoms with E-state index in [0.29, 0.717) is 0 Å². The van der Waals surface area contributed by atoms with Crippen molar-refractivity contribution in [1.29, 1.82) is 0 Å². The molecule has 0 saturated heterocycles. The molecule has 0 bridgehead atoms. The van der Waals surface area contributed by atoms with E-state index in [9.17, 15) is 29.1 Å². The summed E-state index contributed by atoms with van der Waals surface area (Å²) in [6.07, 6.45) is 0. The molecule has 0 aliphatic carbocycles. The summed E-state index contributed by atoms with van der Waals surface area (Å²) in [5.41, 5.74) is 3.47. The van der Waals surface area contributed by atoms with Crippen LogP contribution < -0.4 is 16.3 Å². The minimum absolute atomic E-state index is 0.0118. The molecular weight excluding hydrogens is 438 g/mol. The molecule has 12 heteroatoms. The van der Waals surface area contributed by atoms with Crippen molar-refractivity contribution in [3.05, 3.63) is 51.9 Å². The maximum atomic E-state index is 12.4. The number of Topliss-reactive ketones (excluding diaryl/α,β-unsaturated/α-hetero) is 1. The van der Waals surface area contributed by atoms with E-state index in [2.05, 4.69) is 21.0 Å². The van der Waals surface area contributed by atoms with Crippen LogP contribution in [0, 0.1) is 0 Å². The van der Waals surface area contributed by atoms with Crippen LogP contribution in [0.5, 0.6) is 0 Å². The molecule has 1 aliphatic rings. The van der Waals surface area contributed by atoms with Crippen molar-refractivity contribution in [2.45, 2.75) is 27.7 Å². The maximum Gasteiger partial charge on any atom is 0.353 e. The molecule has 176 valence electrons. The zero-order chi connectivity index (χ0) is 24.7. The predicted molar refractivity (Wildman–Crippen MR) is 112 cm³/mol. The molecule has 1 aromatic rings. The van der Waals surface area contributed by atoms with Crippen LogP contribution >= 0.6 is 0 Å². The zero-order valence-electron chi connectivity index (χ0n) is 18.4. The molecule has 4 N–H and O–H groups in total. The number of carbonyl (C=O) groups excluding carboxylic acids is 5. The van der Waals surface area contributed by atoms with Crippen LogP contribution in [0.25, 0.3) is 0 Å². The lowest BCUT2D eigenvalue weighted by atomic mass is 10.0. The Bertz CT molecular complexity index is 1030. The molecular formula is C21H23N3O9. The molecule has 0 saturated carbocycles. The summed E-state index contributed by atoms with van der Waals surface area (Å²) in [6, 6.07) is 3.98. The molecule has 0 fully saturated rings. The van der Waals surface area contributed by atoms with Crippen molar-refractivity contribution in [3.8, 4) is 0 Å². The van der Waals surface area contributed by atoms with E-state index in [-0.39, 0.29) is 35.7 Å². The topological polar surface area (TPSA) is 169 Å². The Labute approximate surface area is 188 Å². The van der Waals surface area contributed by atoms with Crippen molar-refractivity contribution in [2.24, 2.45) is 0 Å². The molecule has 2 rings (SSSR count). The molecule has 12 nitrogen and oxygen atoms in total. The van der Waals surface area contributed by atoms with E-state index in [0.717, 1.165) is 6.92 Å². The van der Waals surface area contributed by atoms with Crippen LogP contribution in [-0.2, 0) is 28.8 Å². The van der Waals surface area contributed by atoms with Crippen molar-refractivity contribution in [3.63, 3.8) is 0 Å². The van der Waals surface area contributed by atoms with Crippen molar-refractivity contribution in [1.82, 2.24) is 11.0 Å². The van der Waals surface area contributed by atoms with Gasteiger partial charge in [-0.05, 0) is 45.9 Å². The van der Waals surface area contributed by atoms with Crippen molar-refractivity contribution < 1.29 is 43.5 Å². The molecule has 1 aliphatic heterocycles. The van der Waals surface area contributed by atoms with Gasteiger partial charge in [-0.2, -0.15) is 0 Å². The van der Waals surface area contributed by atoms with Gasteiger partial charge in [0.25, 0.3) is 11.8 Å². The molecule has 1 aromatic carbocycles. The fourth-order valence-corrected chi connectivity index (χ4v) is 2.78. The Balaban J connectivity index is 2.52. The third-order valence-corrected chi connectivity index (χ3v) is 4.20. The van der Waals surface area contributed by atoms with Crippen LogP contribution in [0.3, 0.4) is 0 Å². The van der Waals surface area contributed by atoms with E-state index in [1.807, 2.05) is 0 Å². The van der Waals surface area contributed by atoms with Gasteiger partial charge in [0, 0.05) is 22.5 Å². The zero-order valence-corrected chi connectivity index (χ0v) is 18.4. The number of ketones is 1. The minimum Gasteiger partial charge on any atom is -0.506 e. The van der Waals surface area contributed by atoms with Gasteiger partial charge in [0.05, 0.1) is 13.2 Å². The van der Waals surface area contributed by atoms with Gasteiger partial charge in [-0.25, -0.2) is 20.5 Å². The van der Waals surface area contributed by atoms with Gasteiger partial charge in [-0.3, -0.25) is 24.1 Å². The van der Waals surface area contributed by atoms with Crippen LogP contribution in [0.15, 0.2) is 40.8 Å². The number of allylic oxidation sites excluding steroid dienone is 1. The Kier molecular flexibility index (Phi) is 8.42. The molecule has 0 radical (unpaired) electrons. The van der Waals surface area contributed by atoms with Gasteiger partial charge in [-0.15, -0.1) is 0 Å². The lowest BCUT2D eigenvalue weighted by Crippen LogP contribution is -2.29. The van der Waals surface area contributed by atoms with E-state index in [1.54, 1.807) is 13.8 Å². The Morgan fingerprint density at radius 3 is 1.88 bits per heavy atom. The fraction of sp³-hybridized carbons (Fsp3) is 0.286. The first-order valence-corrected chi connectivity index (χ1v) is 9.78. The van der Waals surface area contributed by atoms with Crippen molar-refractivity contribution >= 4 is 35.2 Å². The molecule has 0 aromatic heterocycles. The number of carbonyl (C=O) groups is 5. The number of nitrogens with one attached hydrogen (secondary N) is 3. The van der Waals surface area contributed by atoms with Gasteiger partial charge in [-0.1, -0.05) is 0 Å². The second-order valence-electron chi connectivity index (χ2n) is 6.61. The first-order chi connectivity index (χ1) is 15.6. The van der Waals surface area contributed by atoms with Gasteiger partial charge in [0.1, 0.15) is 16.9 Å². The average Bonchev–Trinajstić information content (AvgIpc) is 2.74. The molecule has 33 heavy (non-hydrogen) atoms. The van der Waals surface area contributed by atoms with E-state index >= 15 is 0 Å². The quantitative estimate of drug-likeness (QED) is 0.138. The number of aliphatic hydroxyl groups excluding tert-OH is 1. The number of hydrogen-bond acceptors (Lipinski definition) is 10. The molecule has 0 spiro atoms. The number of aliphatic hydroxyl groups is 1. The Morgan fingerprint density at radius 2 is 1.42 bits per heavy atom. The minimum atomic E-state index is -1.26. The van der Waals surface area contributed by atoms with Gasteiger partial charge >= 0.3 is 11.9 Å². The number of benzene rings is 1. The Hall–Kier alpha value is -4.03. The third kappa shape index (κ3) is 6.02. The van der Waals surface area contributed by atoms with Crippen LogP contribution in [0.1, 0.15) is 48.4 Å². The summed E-state index contributed by atoms with van der Waals surface area (Å²) >= 11 is 0. The monoisotopic (exact) mass is 461 g/mol. The highest BCUT2D eigenvalue weighted by molar-refractivity contribution is 6.23. The normalized spacial score (nSPS) is 15.0. The second-order valence-corrected chi connectivity index (χ2v) is 6.61. The van der Waals surface area contributed by atoms with E-state index < -0.39 is 46.4 Å². The van der Waals surface area contributed by atoms with E-state index in [4.69, 9.17) is 9.68 Å². The maximum absolute atomic E-state index is 12.4. The standard InChI is InChI=1S/C21H23N3O9/c1-5-31-23-18(27)12-7-13(19(28)24-32-6-2)9-14(8-12)22-10(3)15-17(26)16(11(4)25)21(30)33-20(15)29/h7-9,22,26H,5-6H2,1-4H3,(H,23,27)(H,24,28). The lowest BCUT2D eigenvalue weighted by Gasteiger charge is -2.19. The number of hydroxylamine groups is 2. The number of ether oxygens (including phenoxy) is 1. The first-order valence-electron chi connectivity index (χ1n) is 9.78. The van der Waals surface area contributed by atoms with Gasteiger partial charge < -0.3 is 15.2 Å².